The van der Waals surface area contributed by atoms with Crippen LogP contribution in [-0.4, -0.2) is 36.1 Å². The van der Waals surface area contributed by atoms with Gasteiger partial charge in [-0.3, -0.25) is 0 Å². The minimum absolute atomic E-state index is 0.175. The van der Waals surface area contributed by atoms with Gasteiger partial charge < -0.3 is 19.7 Å². The van der Waals surface area contributed by atoms with Crippen LogP contribution in [0.5, 0.6) is 5.75 Å². The fourth-order valence-corrected chi connectivity index (χ4v) is 2.76. The number of benzene rings is 2. The SMILES string of the molecule is COCOc1ccc(CCCc2ccc(C(=O)O)c(C(=O)O)c2)cc1C. The first-order valence-corrected chi connectivity index (χ1v) is 8.23. The van der Waals surface area contributed by atoms with E-state index >= 15 is 0 Å². The molecule has 0 aliphatic rings. The topological polar surface area (TPSA) is 93.1 Å². The Hall–Kier alpha value is -2.86. The maximum absolute atomic E-state index is 11.2. The Morgan fingerprint density at radius 2 is 1.54 bits per heavy atom. The first-order chi connectivity index (χ1) is 12.4. The third-order valence-electron chi connectivity index (χ3n) is 4.05. The van der Waals surface area contributed by atoms with Crippen LogP contribution in [0.3, 0.4) is 0 Å². The quantitative estimate of drug-likeness (QED) is 0.666. The normalized spacial score (nSPS) is 10.5. The van der Waals surface area contributed by atoms with Crippen molar-refractivity contribution in [3.05, 3.63) is 64.2 Å². The van der Waals surface area contributed by atoms with Gasteiger partial charge in [0.1, 0.15) is 5.75 Å². The molecule has 0 unspecified atom stereocenters. The van der Waals surface area contributed by atoms with Gasteiger partial charge in [0.2, 0.25) is 0 Å². The summed E-state index contributed by atoms with van der Waals surface area (Å²) >= 11 is 0. The summed E-state index contributed by atoms with van der Waals surface area (Å²) in [5.41, 5.74) is 2.63. The fourth-order valence-electron chi connectivity index (χ4n) is 2.76. The number of hydrogen-bond donors (Lipinski definition) is 2. The van der Waals surface area contributed by atoms with E-state index in [0.717, 1.165) is 35.3 Å². The molecule has 0 spiro atoms. The lowest BCUT2D eigenvalue weighted by Crippen LogP contribution is -2.08. The van der Waals surface area contributed by atoms with Crippen LogP contribution < -0.4 is 4.74 Å². The maximum Gasteiger partial charge on any atom is 0.336 e. The Labute approximate surface area is 152 Å². The molecule has 0 atom stereocenters. The van der Waals surface area contributed by atoms with Crippen LogP contribution in [0.15, 0.2) is 36.4 Å². The molecule has 0 saturated carbocycles. The third-order valence-corrected chi connectivity index (χ3v) is 4.05. The molecule has 0 amide bonds. The lowest BCUT2D eigenvalue weighted by Gasteiger charge is -2.10. The van der Waals surface area contributed by atoms with E-state index < -0.39 is 11.9 Å². The summed E-state index contributed by atoms with van der Waals surface area (Å²) < 4.78 is 10.3. The number of carbonyl (C=O) groups is 2. The summed E-state index contributed by atoms with van der Waals surface area (Å²) in [6, 6.07) is 10.4. The second-order valence-electron chi connectivity index (χ2n) is 5.99. The molecule has 0 bridgehead atoms. The first kappa shape index (κ1) is 19.5. The average Bonchev–Trinajstić information content (AvgIpc) is 2.60. The number of carboxylic acid groups (broad SMARTS) is 2. The molecular weight excluding hydrogens is 336 g/mol. The molecule has 2 N–H and O–H groups in total. The number of methoxy groups -OCH3 is 1. The molecule has 2 aromatic carbocycles. The van der Waals surface area contributed by atoms with Gasteiger partial charge in [0, 0.05) is 7.11 Å². The van der Waals surface area contributed by atoms with Crippen LogP contribution in [0, 0.1) is 6.92 Å². The molecule has 0 fully saturated rings. The highest BCUT2D eigenvalue weighted by Crippen LogP contribution is 2.21. The molecule has 6 nitrogen and oxygen atoms in total. The molecule has 6 heteroatoms. The number of carboxylic acids is 2. The number of aromatic carboxylic acids is 2. The monoisotopic (exact) mass is 358 g/mol. The first-order valence-electron chi connectivity index (χ1n) is 8.23. The molecule has 0 aliphatic heterocycles. The van der Waals surface area contributed by atoms with E-state index in [-0.39, 0.29) is 17.9 Å². The standard InChI is InChI=1S/C20H22O6/c1-13-10-14(7-9-18(13)26-12-25-2)4-3-5-15-6-8-16(19(21)22)17(11-15)20(23)24/h6-11H,3-5,12H2,1-2H3,(H,21,22)(H,23,24). The molecular formula is C20H22O6. The van der Waals surface area contributed by atoms with E-state index in [0.29, 0.717) is 6.42 Å². The molecule has 0 saturated heterocycles. The lowest BCUT2D eigenvalue weighted by molar-refractivity contribution is 0.0506. The van der Waals surface area contributed by atoms with E-state index in [2.05, 4.69) is 6.07 Å². The molecule has 0 aromatic heterocycles. The summed E-state index contributed by atoms with van der Waals surface area (Å²) in [7, 11) is 1.57. The van der Waals surface area contributed by atoms with Crippen LogP contribution in [0.1, 0.15) is 43.8 Å². The zero-order chi connectivity index (χ0) is 19.1. The van der Waals surface area contributed by atoms with Crippen molar-refractivity contribution in [2.45, 2.75) is 26.2 Å². The Kier molecular flexibility index (Phi) is 6.74. The molecule has 138 valence electrons. The Morgan fingerprint density at radius 1 is 0.923 bits per heavy atom. The summed E-state index contributed by atoms with van der Waals surface area (Å²) in [6.07, 6.45) is 2.32. The van der Waals surface area contributed by atoms with Crippen LogP contribution in [0.2, 0.25) is 0 Å². The van der Waals surface area contributed by atoms with Crippen LogP contribution in [0.4, 0.5) is 0 Å². The Bertz CT molecular complexity index is 797. The van der Waals surface area contributed by atoms with Crippen molar-refractivity contribution in [1.29, 1.82) is 0 Å². The fraction of sp³-hybridized carbons (Fsp3) is 0.300. The molecule has 2 rings (SSSR count). The smallest absolute Gasteiger partial charge is 0.336 e. The van der Waals surface area contributed by atoms with E-state index in [1.54, 1.807) is 13.2 Å². The van der Waals surface area contributed by atoms with E-state index in [1.165, 1.54) is 12.1 Å². The number of rotatable bonds is 9. The average molecular weight is 358 g/mol. The van der Waals surface area contributed by atoms with Crippen molar-refractivity contribution in [2.24, 2.45) is 0 Å². The molecule has 0 radical (unpaired) electrons. The molecule has 0 aliphatic carbocycles. The van der Waals surface area contributed by atoms with Gasteiger partial charge in [0.25, 0.3) is 0 Å². The van der Waals surface area contributed by atoms with Crippen molar-refractivity contribution >= 4 is 11.9 Å². The van der Waals surface area contributed by atoms with Gasteiger partial charge in [0.05, 0.1) is 11.1 Å². The summed E-state index contributed by atoms with van der Waals surface area (Å²) in [4.78, 5) is 22.3. The summed E-state index contributed by atoms with van der Waals surface area (Å²) in [5, 5.41) is 18.2. The second kappa shape index (κ2) is 9.01. The number of aryl methyl sites for hydroxylation is 3. The van der Waals surface area contributed by atoms with Gasteiger partial charge in [-0.25, -0.2) is 9.59 Å². The zero-order valence-electron chi connectivity index (χ0n) is 14.8. The van der Waals surface area contributed by atoms with Gasteiger partial charge in [-0.1, -0.05) is 18.2 Å². The Morgan fingerprint density at radius 3 is 2.12 bits per heavy atom. The van der Waals surface area contributed by atoms with Crippen LogP contribution in [-0.2, 0) is 17.6 Å². The molecule has 0 heterocycles. The van der Waals surface area contributed by atoms with Crippen molar-refractivity contribution in [3.8, 4) is 5.75 Å². The van der Waals surface area contributed by atoms with Gasteiger partial charge >= 0.3 is 11.9 Å². The van der Waals surface area contributed by atoms with E-state index in [1.807, 2.05) is 19.1 Å². The summed E-state index contributed by atoms with van der Waals surface area (Å²) in [6.45, 7) is 2.18. The highest BCUT2D eigenvalue weighted by atomic mass is 16.7. The maximum atomic E-state index is 11.2. The zero-order valence-corrected chi connectivity index (χ0v) is 14.8. The molecule has 26 heavy (non-hydrogen) atoms. The van der Waals surface area contributed by atoms with Crippen LogP contribution in [0.25, 0.3) is 0 Å². The highest BCUT2D eigenvalue weighted by molar-refractivity contribution is 6.01. The minimum atomic E-state index is -1.24. The lowest BCUT2D eigenvalue weighted by atomic mass is 9.98. The van der Waals surface area contributed by atoms with Gasteiger partial charge in [0.15, 0.2) is 6.79 Å². The van der Waals surface area contributed by atoms with Crippen molar-refractivity contribution in [1.82, 2.24) is 0 Å². The van der Waals surface area contributed by atoms with E-state index in [9.17, 15) is 14.7 Å². The third kappa shape index (κ3) is 5.07. The number of hydrogen-bond acceptors (Lipinski definition) is 4. The predicted octanol–water partition coefficient (Wildman–Crippen LogP) is 3.55. The minimum Gasteiger partial charge on any atom is -0.478 e. The van der Waals surface area contributed by atoms with Crippen molar-refractivity contribution in [3.63, 3.8) is 0 Å². The summed E-state index contributed by atoms with van der Waals surface area (Å²) in [5.74, 6) is -1.68. The highest BCUT2D eigenvalue weighted by Gasteiger charge is 2.16. The van der Waals surface area contributed by atoms with Gasteiger partial charge in [-0.2, -0.15) is 0 Å². The van der Waals surface area contributed by atoms with Crippen molar-refractivity contribution < 1.29 is 29.3 Å². The van der Waals surface area contributed by atoms with E-state index in [4.69, 9.17) is 14.6 Å². The van der Waals surface area contributed by atoms with Crippen LogP contribution >= 0.6 is 0 Å². The predicted molar refractivity (Wildman–Crippen MR) is 96.1 cm³/mol. The second-order valence-corrected chi connectivity index (χ2v) is 5.99. The van der Waals surface area contributed by atoms with Crippen molar-refractivity contribution in [2.75, 3.05) is 13.9 Å². The Balaban J connectivity index is 1.99. The number of ether oxygens (including phenoxy) is 2. The largest absolute Gasteiger partial charge is 0.478 e. The van der Waals surface area contributed by atoms with Gasteiger partial charge in [-0.15, -0.1) is 0 Å². The van der Waals surface area contributed by atoms with Gasteiger partial charge in [-0.05, 0) is 61.1 Å². The molecule has 2 aromatic rings.